The Morgan fingerprint density at radius 3 is 3.06 bits per heavy atom. The van der Waals surface area contributed by atoms with E-state index in [1.165, 1.54) is 6.20 Å². The van der Waals surface area contributed by atoms with E-state index in [0.717, 1.165) is 0 Å². The summed E-state index contributed by atoms with van der Waals surface area (Å²) in [7, 11) is 1.67. The number of nitrogens with one attached hydrogen (secondary N) is 1. The Morgan fingerprint density at radius 1 is 1.67 bits per heavy atom. The fourth-order valence-corrected chi connectivity index (χ4v) is 1.87. The molecule has 1 fully saturated rings. The summed E-state index contributed by atoms with van der Waals surface area (Å²) in [5, 5.41) is 13.8. The van der Waals surface area contributed by atoms with Gasteiger partial charge in [0.15, 0.2) is 0 Å². The zero-order valence-electron chi connectivity index (χ0n) is 10.3. The van der Waals surface area contributed by atoms with Gasteiger partial charge >= 0.3 is 5.69 Å². The van der Waals surface area contributed by atoms with Crippen LogP contribution in [0.3, 0.4) is 0 Å². The molecular formula is C10H15N5O3. The zero-order valence-corrected chi connectivity index (χ0v) is 10.3. The van der Waals surface area contributed by atoms with E-state index in [2.05, 4.69) is 15.3 Å². The molecular weight excluding hydrogens is 238 g/mol. The molecule has 98 valence electrons. The maximum Gasteiger partial charge on any atom is 0.329 e. The molecule has 1 aliphatic heterocycles. The highest BCUT2D eigenvalue weighted by Crippen LogP contribution is 2.28. The van der Waals surface area contributed by atoms with Gasteiger partial charge in [-0.05, 0) is 6.92 Å². The van der Waals surface area contributed by atoms with Gasteiger partial charge in [0.1, 0.15) is 6.20 Å². The minimum absolute atomic E-state index is 0.0528. The molecule has 2 heterocycles. The quantitative estimate of drug-likeness (QED) is 0.624. The molecule has 18 heavy (non-hydrogen) atoms. The Morgan fingerprint density at radius 2 is 2.44 bits per heavy atom. The minimum atomic E-state index is -0.461. The molecule has 0 bridgehead atoms. The Hall–Kier alpha value is -1.96. The van der Waals surface area contributed by atoms with Crippen molar-refractivity contribution in [1.29, 1.82) is 0 Å². The highest BCUT2D eigenvalue weighted by molar-refractivity contribution is 5.59. The molecule has 0 radical (unpaired) electrons. The number of hydrogen-bond donors (Lipinski definition) is 1. The lowest BCUT2D eigenvalue weighted by Crippen LogP contribution is -2.44. The first-order valence-electron chi connectivity index (χ1n) is 5.67. The van der Waals surface area contributed by atoms with Gasteiger partial charge in [0.05, 0.1) is 24.2 Å². The number of ether oxygens (including phenoxy) is 1. The van der Waals surface area contributed by atoms with Crippen LogP contribution in [0.25, 0.3) is 0 Å². The van der Waals surface area contributed by atoms with Crippen molar-refractivity contribution >= 4 is 17.5 Å². The number of aromatic nitrogens is 2. The molecule has 1 N–H and O–H groups in total. The Balaban J connectivity index is 2.42. The molecule has 0 amide bonds. The average molecular weight is 253 g/mol. The predicted molar refractivity (Wildman–Crippen MR) is 65.9 cm³/mol. The third kappa shape index (κ3) is 2.33. The van der Waals surface area contributed by atoms with Gasteiger partial charge in [0, 0.05) is 13.6 Å². The molecule has 0 aromatic carbocycles. The number of nitro groups is 1. The Labute approximate surface area is 104 Å². The SMILES string of the molecule is CNc1ncc([N+](=O)[O-])c(N2CCOCC2C)n1. The van der Waals surface area contributed by atoms with Crippen molar-refractivity contribution in [2.75, 3.05) is 37.0 Å². The van der Waals surface area contributed by atoms with E-state index in [4.69, 9.17) is 4.74 Å². The van der Waals surface area contributed by atoms with Crippen LogP contribution in [0.1, 0.15) is 6.92 Å². The van der Waals surface area contributed by atoms with Gasteiger partial charge in [-0.3, -0.25) is 10.1 Å². The van der Waals surface area contributed by atoms with Gasteiger partial charge in [-0.15, -0.1) is 0 Å². The third-order valence-corrected chi connectivity index (χ3v) is 2.81. The van der Waals surface area contributed by atoms with Crippen molar-refractivity contribution in [2.45, 2.75) is 13.0 Å². The molecule has 0 aliphatic carbocycles. The lowest BCUT2D eigenvalue weighted by Gasteiger charge is -2.33. The van der Waals surface area contributed by atoms with Crippen LogP contribution in [-0.2, 0) is 4.74 Å². The number of rotatable bonds is 3. The molecule has 1 unspecified atom stereocenters. The highest BCUT2D eigenvalue weighted by atomic mass is 16.6. The summed E-state index contributed by atoms with van der Waals surface area (Å²) in [5.41, 5.74) is -0.0808. The lowest BCUT2D eigenvalue weighted by molar-refractivity contribution is -0.384. The smallest absolute Gasteiger partial charge is 0.329 e. The monoisotopic (exact) mass is 253 g/mol. The molecule has 8 heteroatoms. The fourth-order valence-electron chi connectivity index (χ4n) is 1.87. The van der Waals surface area contributed by atoms with E-state index < -0.39 is 4.92 Å². The summed E-state index contributed by atoms with van der Waals surface area (Å²) in [5.74, 6) is 0.712. The molecule has 0 spiro atoms. The van der Waals surface area contributed by atoms with Crippen LogP contribution in [0.15, 0.2) is 6.20 Å². The largest absolute Gasteiger partial charge is 0.377 e. The number of hydrogen-bond acceptors (Lipinski definition) is 7. The molecule has 1 aliphatic rings. The van der Waals surface area contributed by atoms with Gasteiger partial charge in [0.2, 0.25) is 11.8 Å². The number of morpholine rings is 1. The van der Waals surface area contributed by atoms with Crippen LogP contribution in [-0.4, -0.2) is 47.7 Å². The number of anilines is 2. The van der Waals surface area contributed by atoms with Crippen molar-refractivity contribution < 1.29 is 9.66 Å². The summed E-state index contributed by atoms with van der Waals surface area (Å²) >= 11 is 0. The Bertz CT molecular complexity index is 453. The van der Waals surface area contributed by atoms with E-state index in [1.807, 2.05) is 11.8 Å². The van der Waals surface area contributed by atoms with Crippen LogP contribution in [0.2, 0.25) is 0 Å². The zero-order chi connectivity index (χ0) is 13.1. The summed E-state index contributed by atoms with van der Waals surface area (Å²) in [6.07, 6.45) is 1.23. The first kappa shape index (κ1) is 12.5. The van der Waals surface area contributed by atoms with Crippen LogP contribution >= 0.6 is 0 Å². The standard InChI is InChI=1S/C10H15N5O3/c1-7-6-18-4-3-14(7)9-8(15(16)17)5-12-10(11-2)13-9/h5,7H,3-4,6H2,1-2H3,(H,11,12,13). The first-order valence-corrected chi connectivity index (χ1v) is 5.67. The van der Waals surface area contributed by atoms with Gasteiger partial charge in [-0.1, -0.05) is 0 Å². The van der Waals surface area contributed by atoms with Crippen LogP contribution < -0.4 is 10.2 Å². The van der Waals surface area contributed by atoms with Gasteiger partial charge in [0.25, 0.3) is 0 Å². The minimum Gasteiger partial charge on any atom is -0.377 e. The summed E-state index contributed by atoms with van der Waals surface area (Å²) in [4.78, 5) is 20.5. The first-order chi connectivity index (χ1) is 8.63. The molecule has 8 nitrogen and oxygen atoms in total. The molecule has 1 aromatic heterocycles. The molecule has 0 saturated carbocycles. The third-order valence-electron chi connectivity index (χ3n) is 2.81. The highest BCUT2D eigenvalue weighted by Gasteiger charge is 2.28. The van der Waals surface area contributed by atoms with E-state index in [0.29, 0.717) is 31.5 Å². The molecule has 1 atom stereocenters. The second-order valence-corrected chi connectivity index (χ2v) is 4.03. The van der Waals surface area contributed by atoms with Crippen molar-refractivity contribution in [2.24, 2.45) is 0 Å². The van der Waals surface area contributed by atoms with Gasteiger partial charge in [-0.25, -0.2) is 4.98 Å². The van der Waals surface area contributed by atoms with Crippen molar-refractivity contribution in [3.8, 4) is 0 Å². The molecule has 1 saturated heterocycles. The maximum atomic E-state index is 11.0. The average Bonchev–Trinajstić information content (AvgIpc) is 2.38. The van der Waals surface area contributed by atoms with Crippen LogP contribution in [0, 0.1) is 10.1 Å². The van der Waals surface area contributed by atoms with E-state index >= 15 is 0 Å². The Kier molecular flexibility index (Phi) is 3.56. The van der Waals surface area contributed by atoms with E-state index in [1.54, 1.807) is 7.05 Å². The normalized spacial score (nSPS) is 19.7. The maximum absolute atomic E-state index is 11.0. The van der Waals surface area contributed by atoms with Crippen molar-refractivity contribution in [1.82, 2.24) is 9.97 Å². The van der Waals surface area contributed by atoms with Crippen LogP contribution in [0.4, 0.5) is 17.5 Å². The van der Waals surface area contributed by atoms with E-state index in [-0.39, 0.29) is 11.7 Å². The summed E-state index contributed by atoms with van der Waals surface area (Å²) in [6.45, 7) is 3.61. The van der Waals surface area contributed by atoms with Gasteiger partial charge < -0.3 is 15.0 Å². The summed E-state index contributed by atoms with van der Waals surface area (Å²) in [6, 6.07) is 0.0528. The molecule has 1 aromatic rings. The lowest BCUT2D eigenvalue weighted by atomic mass is 10.2. The van der Waals surface area contributed by atoms with Crippen molar-refractivity contribution in [3.05, 3.63) is 16.3 Å². The second kappa shape index (κ2) is 5.13. The fraction of sp³-hybridized carbons (Fsp3) is 0.600. The van der Waals surface area contributed by atoms with Gasteiger partial charge in [-0.2, -0.15) is 4.98 Å². The second-order valence-electron chi connectivity index (χ2n) is 4.03. The van der Waals surface area contributed by atoms with Crippen LogP contribution in [0.5, 0.6) is 0 Å². The topological polar surface area (TPSA) is 93.4 Å². The predicted octanol–water partition coefficient (Wildman–Crippen LogP) is 0.652. The van der Waals surface area contributed by atoms with E-state index in [9.17, 15) is 10.1 Å². The number of nitrogens with zero attached hydrogens (tertiary/aromatic N) is 4. The van der Waals surface area contributed by atoms with Crippen molar-refractivity contribution in [3.63, 3.8) is 0 Å². The molecule has 2 rings (SSSR count). The summed E-state index contributed by atoms with van der Waals surface area (Å²) < 4.78 is 5.32.